The highest BCUT2D eigenvalue weighted by Gasteiger charge is 2.24. The number of halogens is 1. The van der Waals surface area contributed by atoms with E-state index in [-0.39, 0.29) is 29.8 Å². The van der Waals surface area contributed by atoms with Gasteiger partial charge in [-0.05, 0) is 36.6 Å². The number of hydrogen-bond donors (Lipinski definition) is 3. The maximum atomic E-state index is 14.9. The first-order valence-corrected chi connectivity index (χ1v) is 18.0. The summed E-state index contributed by atoms with van der Waals surface area (Å²) in [6.07, 6.45) is 10.7. The number of amides is 3. The van der Waals surface area contributed by atoms with Crippen molar-refractivity contribution in [2.75, 3.05) is 49.5 Å². The van der Waals surface area contributed by atoms with Gasteiger partial charge in [0.2, 0.25) is 5.91 Å². The number of nitrogens with one attached hydrogen (secondary N) is 3. The number of ether oxygens (including phenoxy) is 1. The van der Waals surface area contributed by atoms with E-state index in [4.69, 9.17) is 4.74 Å². The summed E-state index contributed by atoms with van der Waals surface area (Å²) in [5.74, 6) is 0.906. The van der Waals surface area contributed by atoms with Crippen LogP contribution in [0.3, 0.4) is 0 Å². The van der Waals surface area contributed by atoms with Gasteiger partial charge in [-0.25, -0.2) is 9.18 Å². The summed E-state index contributed by atoms with van der Waals surface area (Å²) in [5.41, 5.74) is 2.28. The minimum absolute atomic E-state index is 0.0336. The molecule has 3 amide bonds. The Hall–Kier alpha value is -3.59. The van der Waals surface area contributed by atoms with Crippen molar-refractivity contribution in [3.8, 4) is 11.5 Å². The van der Waals surface area contributed by atoms with Crippen molar-refractivity contribution in [1.29, 1.82) is 0 Å². The topological polar surface area (TPSA) is 116 Å². The molecule has 10 nitrogen and oxygen atoms in total. The second-order valence-corrected chi connectivity index (χ2v) is 14.5. The lowest BCUT2D eigenvalue weighted by atomic mass is 10.1. The van der Waals surface area contributed by atoms with Crippen LogP contribution in [0.25, 0.3) is 10.2 Å². The smallest absolute Gasteiger partial charge is 0.319 e. The largest absolute Gasteiger partial charge is 0.453 e. The first-order valence-electron chi connectivity index (χ1n) is 14.7. The van der Waals surface area contributed by atoms with E-state index in [0.717, 1.165) is 59.4 Å². The fourth-order valence-corrected chi connectivity index (χ4v) is 7.63. The van der Waals surface area contributed by atoms with E-state index in [0.29, 0.717) is 36.0 Å². The van der Waals surface area contributed by atoms with E-state index in [1.54, 1.807) is 29.7 Å². The minimum atomic E-state index is -0.576. The number of anilines is 1. The van der Waals surface area contributed by atoms with Crippen molar-refractivity contribution in [1.82, 2.24) is 25.4 Å². The highest BCUT2D eigenvalue weighted by molar-refractivity contribution is 8.77. The van der Waals surface area contributed by atoms with Crippen molar-refractivity contribution in [2.24, 2.45) is 0 Å². The van der Waals surface area contributed by atoms with Crippen molar-refractivity contribution < 1.29 is 23.5 Å². The van der Waals surface area contributed by atoms with Gasteiger partial charge in [0.25, 0.3) is 0 Å². The van der Waals surface area contributed by atoms with Crippen molar-refractivity contribution >= 4 is 67.1 Å². The number of thiophene rings is 1. The number of hydrogen-bond acceptors (Lipinski definition) is 10. The van der Waals surface area contributed by atoms with Gasteiger partial charge in [-0.2, -0.15) is 0 Å². The van der Waals surface area contributed by atoms with Gasteiger partial charge in [0, 0.05) is 73.9 Å². The predicted octanol–water partition coefficient (Wildman–Crippen LogP) is 5.32. The van der Waals surface area contributed by atoms with Crippen molar-refractivity contribution in [3.05, 3.63) is 71.1 Å². The minimum Gasteiger partial charge on any atom is -0.453 e. The number of urea groups is 1. The molecule has 6 rings (SSSR count). The average molecular weight is 669 g/mol. The zero-order valence-corrected chi connectivity index (χ0v) is 26.8. The molecule has 2 fully saturated rings. The van der Waals surface area contributed by atoms with E-state index >= 15 is 0 Å². The number of aromatic nitrogens is 1. The molecule has 3 N–H and O–H groups in total. The summed E-state index contributed by atoms with van der Waals surface area (Å²) in [6.45, 7) is 3.82. The number of rotatable bonds is 12. The normalized spacial score (nSPS) is 18.3. The Balaban J connectivity index is 1.02. The summed E-state index contributed by atoms with van der Waals surface area (Å²) in [7, 11) is 2.84. The first kappa shape index (κ1) is 31.4. The number of benzene rings is 1. The molecule has 45 heavy (non-hydrogen) atoms. The number of nitrogens with zero attached hydrogens (tertiary/aromatic N) is 3. The molecule has 0 bridgehead atoms. The third kappa shape index (κ3) is 8.37. The molecular weight excluding hydrogens is 636 g/mol. The van der Waals surface area contributed by atoms with E-state index in [2.05, 4.69) is 38.0 Å². The van der Waals surface area contributed by atoms with Crippen LogP contribution in [0.5, 0.6) is 11.5 Å². The number of carbonyl (C=O) groups excluding carboxylic acids is 3. The Kier molecular flexibility index (Phi) is 10.2. The third-order valence-electron chi connectivity index (χ3n) is 7.51. The van der Waals surface area contributed by atoms with E-state index in [1.165, 1.54) is 33.7 Å². The van der Waals surface area contributed by atoms with Gasteiger partial charge in [-0.15, -0.1) is 11.3 Å². The summed E-state index contributed by atoms with van der Waals surface area (Å²) in [6, 6.07) is 7.94. The second kappa shape index (κ2) is 14.7. The van der Waals surface area contributed by atoms with Crippen molar-refractivity contribution in [2.45, 2.75) is 24.9 Å². The zero-order valence-electron chi connectivity index (χ0n) is 24.4. The lowest BCUT2D eigenvalue weighted by Gasteiger charge is -2.35. The summed E-state index contributed by atoms with van der Waals surface area (Å²) in [5, 5.41) is 8.96. The molecule has 3 aliphatic rings. The Labute approximate surface area is 272 Å². The molecule has 1 aliphatic carbocycles. The molecule has 4 heterocycles. The molecule has 2 aromatic heterocycles. The number of carbonyl (C=O) groups is 3. The molecule has 236 valence electrons. The molecule has 0 radical (unpaired) electrons. The Morgan fingerprint density at radius 1 is 1.13 bits per heavy atom. The van der Waals surface area contributed by atoms with Crippen LogP contribution in [0.15, 0.2) is 60.5 Å². The zero-order chi connectivity index (χ0) is 31.2. The second-order valence-electron chi connectivity index (χ2n) is 10.9. The highest BCUT2D eigenvalue weighted by Crippen LogP contribution is 2.38. The molecular formula is C31H33FN6O4S3. The van der Waals surface area contributed by atoms with Gasteiger partial charge >= 0.3 is 6.03 Å². The van der Waals surface area contributed by atoms with Crippen LogP contribution >= 0.6 is 32.9 Å². The molecule has 1 atom stereocenters. The SMILES string of the molecule is O=CCSSCC(=O)N1CCN(CC2=CNC(c3cc4nccc(Oc5ccc(NC(=O)NC6CC6)cc5F)c4s3)C=C2)CC1. The number of fused-ring (bicyclic) bond motifs is 1. The average Bonchev–Trinajstić information content (AvgIpc) is 3.74. The van der Waals surface area contributed by atoms with Crippen LogP contribution in [-0.4, -0.2) is 83.3 Å². The lowest BCUT2D eigenvalue weighted by Crippen LogP contribution is -2.49. The van der Waals surface area contributed by atoms with Gasteiger partial charge in [0.15, 0.2) is 11.6 Å². The van der Waals surface area contributed by atoms with Crippen LogP contribution in [0.4, 0.5) is 14.9 Å². The molecule has 3 aromatic rings. The monoisotopic (exact) mass is 668 g/mol. The van der Waals surface area contributed by atoms with Crippen LogP contribution in [0.1, 0.15) is 23.8 Å². The predicted molar refractivity (Wildman–Crippen MR) is 178 cm³/mol. The van der Waals surface area contributed by atoms with Crippen LogP contribution in [0.2, 0.25) is 0 Å². The van der Waals surface area contributed by atoms with E-state index < -0.39 is 5.82 Å². The molecule has 1 saturated carbocycles. The molecule has 0 spiro atoms. The maximum absolute atomic E-state index is 14.9. The van der Waals surface area contributed by atoms with Gasteiger partial charge < -0.3 is 30.4 Å². The van der Waals surface area contributed by atoms with E-state index in [9.17, 15) is 18.8 Å². The number of piperazine rings is 1. The van der Waals surface area contributed by atoms with E-state index in [1.807, 2.05) is 17.2 Å². The Bertz CT molecular complexity index is 1620. The first-order chi connectivity index (χ1) is 21.9. The molecule has 14 heteroatoms. The highest BCUT2D eigenvalue weighted by atomic mass is 33.1. The van der Waals surface area contributed by atoms with Gasteiger partial charge in [-0.1, -0.05) is 33.7 Å². The number of pyridine rings is 1. The maximum Gasteiger partial charge on any atom is 0.319 e. The van der Waals surface area contributed by atoms with Crippen molar-refractivity contribution in [3.63, 3.8) is 0 Å². The van der Waals surface area contributed by atoms with Crippen LogP contribution in [0, 0.1) is 5.82 Å². The quantitative estimate of drug-likeness (QED) is 0.134. The van der Waals surface area contributed by atoms with Gasteiger partial charge in [0.1, 0.15) is 12.0 Å². The van der Waals surface area contributed by atoms with Gasteiger partial charge in [0.05, 0.1) is 27.8 Å². The number of dihydropyridines is 1. The molecule has 1 saturated heterocycles. The molecule has 2 aliphatic heterocycles. The summed E-state index contributed by atoms with van der Waals surface area (Å²) < 4.78 is 21.7. The standard InChI is InChI=1S/C31H33FN6O4S3/c32-23-15-22(36-31(41)35-21-2-3-21)4-6-26(23)42-27-7-8-33-25-16-28(45-30(25)27)24-5-1-20(17-34-24)18-37-9-11-38(12-10-37)29(40)19-44-43-14-13-39/h1,4-8,13,15-17,21,24,34H,2-3,9-12,14,18-19H2,(H2,35,36,41). The lowest BCUT2D eigenvalue weighted by molar-refractivity contribution is -0.130. The number of aldehydes is 1. The Morgan fingerprint density at radius 2 is 1.98 bits per heavy atom. The Morgan fingerprint density at radius 3 is 2.71 bits per heavy atom. The third-order valence-corrected chi connectivity index (χ3v) is 10.8. The summed E-state index contributed by atoms with van der Waals surface area (Å²) >= 11 is 1.54. The molecule has 1 unspecified atom stereocenters. The summed E-state index contributed by atoms with van der Waals surface area (Å²) in [4.78, 5) is 44.6. The fourth-order valence-electron chi connectivity index (χ4n) is 5.00. The van der Waals surface area contributed by atoms with Crippen LogP contribution in [-0.2, 0) is 9.59 Å². The fraction of sp³-hybridized carbons (Fsp3) is 0.355. The van der Waals surface area contributed by atoms with Gasteiger partial charge in [-0.3, -0.25) is 14.7 Å². The van der Waals surface area contributed by atoms with Crippen LogP contribution < -0.4 is 20.7 Å². The molecule has 1 aromatic carbocycles.